The van der Waals surface area contributed by atoms with Crippen molar-refractivity contribution in [1.82, 2.24) is 4.90 Å². The van der Waals surface area contributed by atoms with Gasteiger partial charge in [-0.25, -0.2) is 4.79 Å². The van der Waals surface area contributed by atoms with Crippen molar-refractivity contribution in [2.75, 3.05) is 20.2 Å². The summed E-state index contributed by atoms with van der Waals surface area (Å²) < 4.78 is 4.50. The molecule has 76 valence electrons. The largest absolute Gasteiger partial charge is 0.453 e. The van der Waals surface area contributed by atoms with Gasteiger partial charge in [-0.2, -0.15) is 0 Å². The second-order valence-corrected chi connectivity index (χ2v) is 3.54. The smallest absolute Gasteiger partial charge is 0.409 e. The molecule has 0 aromatic heterocycles. The molecule has 1 aliphatic rings. The number of ether oxygens (including phenoxy) is 1. The summed E-state index contributed by atoms with van der Waals surface area (Å²) in [4.78, 5) is 12.4. The third kappa shape index (κ3) is 2.10. The van der Waals surface area contributed by atoms with E-state index in [-0.39, 0.29) is 6.54 Å². The van der Waals surface area contributed by atoms with E-state index in [1.165, 1.54) is 12.0 Å². The van der Waals surface area contributed by atoms with E-state index in [4.69, 9.17) is 0 Å². The lowest BCUT2D eigenvalue weighted by atomic mass is 9.91. The minimum Gasteiger partial charge on any atom is -0.453 e. The van der Waals surface area contributed by atoms with E-state index in [2.05, 4.69) is 4.74 Å². The first kappa shape index (κ1) is 10.3. The van der Waals surface area contributed by atoms with E-state index < -0.39 is 17.8 Å². The molecule has 5 heteroatoms. The Morgan fingerprint density at radius 2 is 2.31 bits per heavy atom. The Morgan fingerprint density at radius 3 is 2.77 bits per heavy atom. The first-order chi connectivity index (χ1) is 5.97. The SMILES string of the molecule is COC(=O)N1CC[C@@](C)(O)[C@@H](O)C1. The van der Waals surface area contributed by atoms with Crippen molar-refractivity contribution in [3.8, 4) is 0 Å². The Bertz CT molecular complexity index is 204. The molecule has 0 unspecified atom stereocenters. The van der Waals surface area contributed by atoms with Crippen molar-refractivity contribution in [2.24, 2.45) is 0 Å². The molecule has 1 aliphatic heterocycles. The Kier molecular flexibility index (Phi) is 2.77. The van der Waals surface area contributed by atoms with Crippen LogP contribution in [0.3, 0.4) is 0 Å². The van der Waals surface area contributed by atoms with Gasteiger partial charge in [0, 0.05) is 6.54 Å². The van der Waals surface area contributed by atoms with Gasteiger partial charge in [-0.3, -0.25) is 0 Å². The molecule has 0 aromatic carbocycles. The van der Waals surface area contributed by atoms with Crippen LogP contribution in [0.25, 0.3) is 0 Å². The van der Waals surface area contributed by atoms with Gasteiger partial charge in [0.25, 0.3) is 0 Å². The normalized spacial score (nSPS) is 34.5. The van der Waals surface area contributed by atoms with Gasteiger partial charge >= 0.3 is 6.09 Å². The van der Waals surface area contributed by atoms with Crippen molar-refractivity contribution in [3.05, 3.63) is 0 Å². The summed E-state index contributed by atoms with van der Waals surface area (Å²) in [5.74, 6) is 0. The molecular weight excluding hydrogens is 174 g/mol. The van der Waals surface area contributed by atoms with Crippen LogP contribution in [0, 0.1) is 0 Å². The lowest BCUT2D eigenvalue weighted by molar-refractivity contribution is -0.102. The number of hydrogen-bond acceptors (Lipinski definition) is 4. The van der Waals surface area contributed by atoms with Crippen LogP contribution in [0.1, 0.15) is 13.3 Å². The van der Waals surface area contributed by atoms with Gasteiger partial charge in [0.2, 0.25) is 0 Å². The van der Waals surface area contributed by atoms with E-state index in [0.717, 1.165) is 0 Å². The van der Waals surface area contributed by atoms with Crippen LogP contribution in [0.4, 0.5) is 4.79 Å². The van der Waals surface area contributed by atoms with Crippen molar-refractivity contribution in [3.63, 3.8) is 0 Å². The van der Waals surface area contributed by atoms with E-state index in [0.29, 0.717) is 13.0 Å². The van der Waals surface area contributed by atoms with Gasteiger partial charge in [-0.15, -0.1) is 0 Å². The molecule has 0 aromatic rings. The Hall–Kier alpha value is -0.810. The first-order valence-corrected chi connectivity index (χ1v) is 4.20. The maximum absolute atomic E-state index is 11.0. The third-order valence-corrected chi connectivity index (χ3v) is 2.43. The maximum atomic E-state index is 11.0. The molecule has 0 bridgehead atoms. The molecule has 1 heterocycles. The Labute approximate surface area is 76.9 Å². The second-order valence-electron chi connectivity index (χ2n) is 3.54. The molecule has 13 heavy (non-hydrogen) atoms. The number of β-amino-alcohol motifs (C(OH)–C–C–N with tert-alkyl or cyclic N) is 1. The number of carbonyl (C=O) groups excluding carboxylic acids is 1. The monoisotopic (exact) mass is 189 g/mol. The number of methoxy groups -OCH3 is 1. The fourth-order valence-corrected chi connectivity index (χ4v) is 1.32. The highest BCUT2D eigenvalue weighted by Crippen LogP contribution is 2.21. The van der Waals surface area contributed by atoms with E-state index in [1.807, 2.05) is 0 Å². The lowest BCUT2D eigenvalue weighted by Crippen LogP contribution is -2.55. The lowest BCUT2D eigenvalue weighted by Gasteiger charge is -2.39. The molecule has 0 spiro atoms. The molecule has 2 N–H and O–H groups in total. The van der Waals surface area contributed by atoms with Gasteiger partial charge in [0.1, 0.15) is 6.10 Å². The first-order valence-electron chi connectivity index (χ1n) is 4.20. The minimum absolute atomic E-state index is 0.125. The van der Waals surface area contributed by atoms with Crippen molar-refractivity contribution in [2.45, 2.75) is 25.0 Å². The minimum atomic E-state index is -1.09. The fraction of sp³-hybridized carbons (Fsp3) is 0.875. The molecule has 1 amide bonds. The number of aliphatic hydroxyl groups excluding tert-OH is 1. The van der Waals surface area contributed by atoms with Crippen LogP contribution in [0.2, 0.25) is 0 Å². The van der Waals surface area contributed by atoms with Gasteiger partial charge in [0.05, 0.1) is 19.3 Å². The Morgan fingerprint density at radius 1 is 1.69 bits per heavy atom. The van der Waals surface area contributed by atoms with Crippen LogP contribution in [-0.4, -0.2) is 53.1 Å². The molecule has 0 radical (unpaired) electrons. The molecule has 0 saturated carbocycles. The molecule has 1 saturated heterocycles. The maximum Gasteiger partial charge on any atom is 0.409 e. The zero-order chi connectivity index (χ0) is 10.1. The van der Waals surface area contributed by atoms with Crippen molar-refractivity contribution < 1.29 is 19.7 Å². The van der Waals surface area contributed by atoms with Crippen LogP contribution >= 0.6 is 0 Å². The number of likely N-dealkylation sites (tertiary alicyclic amines) is 1. The average Bonchev–Trinajstić information content (AvgIpc) is 2.08. The zero-order valence-corrected chi connectivity index (χ0v) is 7.86. The van der Waals surface area contributed by atoms with Crippen molar-refractivity contribution >= 4 is 6.09 Å². The summed E-state index contributed by atoms with van der Waals surface area (Å²) in [6, 6.07) is 0. The van der Waals surface area contributed by atoms with Crippen LogP contribution in [0.15, 0.2) is 0 Å². The topological polar surface area (TPSA) is 70.0 Å². The number of nitrogens with zero attached hydrogens (tertiary/aromatic N) is 1. The van der Waals surface area contributed by atoms with Gasteiger partial charge in [0.15, 0.2) is 0 Å². The molecule has 1 rings (SSSR count). The molecule has 0 aliphatic carbocycles. The van der Waals surface area contributed by atoms with Crippen molar-refractivity contribution in [1.29, 1.82) is 0 Å². The van der Waals surface area contributed by atoms with Gasteiger partial charge in [-0.05, 0) is 13.3 Å². The summed E-state index contributed by atoms with van der Waals surface area (Å²) in [5, 5.41) is 19.0. The third-order valence-electron chi connectivity index (χ3n) is 2.43. The second kappa shape index (κ2) is 3.51. The number of amides is 1. The van der Waals surface area contributed by atoms with Gasteiger partial charge in [-0.1, -0.05) is 0 Å². The summed E-state index contributed by atoms with van der Waals surface area (Å²) in [6.45, 7) is 2.10. The predicted molar refractivity (Wildman–Crippen MR) is 45.2 cm³/mol. The number of piperidine rings is 1. The molecule has 1 fully saturated rings. The van der Waals surface area contributed by atoms with E-state index >= 15 is 0 Å². The fourth-order valence-electron chi connectivity index (χ4n) is 1.32. The molecule has 5 nitrogen and oxygen atoms in total. The number of carbonyl (C=O) groups is 1. The predicted octanol–water partition coefficient (Wildman–Crippen LogP) is -0.430. The molecule has 2 atom stereocenters. The standard InChI is InChI=1S/C8H15NO4/c1-8(12)3-4-9(5-6(8)10)7(11)13-2/h6,10,12H,3-5H2,1-2H3/t6-,8+/m0/s1. The van der Waals surface area contributed by atoms with Gasteiger partial charge < -0.3 is 19.8 Å². The summed E-state index contributed by atoms with van der Waals surface area (Å²) >= 11 is 0. The van der Waals surface area contributed by atoms with E-state index in [9.17, 15) is 15.0 Å². The highest BCUT2D eigenvalue weighted by molar-refractivity contribution is 5.67. The summed E-state index contributed by atoms with van der Waals surface area (Å²) in [7, 11) is 1.29. The zero-order valence-electron chi connectivity index (χ0n) is 7.86. The number of aliphatic hydroxyl groups is 2. The number of hydrogen-bond donors (Lipinski definition) is 2. The Balaban J connectivity index is 2.56. The summed E-state index contributed by atoms with van der Waals surface area (Å²) in [6.07, 6.45) is -1.00. The highest BCUT2D eigenvalue weighted by atomic mass is 16.5. The molecular formula is C8H15NO4. The average molecular weight is 189 g/mol. The highest BCUT2D eigenvalue weighted by Gasteiger charge is 2.38. The van der Waals surface area contributed by atoms with Crippen LogP contribution in [0.5, 0.6) is 0 Å². The van der Waals surface area contributed by atoms with Crippen LogP contribution in [-0.2, 0) is 4.74 Å². The quantitative estimate of drug-likeness (QED) is 0.542. The van der Waals surface area contributed by atoms with E-state index in [1.54, 1.807) is 6.92 Å². The van der Waals surface area contributed by atoms with Crippen LogP contribution < -0.4 is 0 Å². The number of rotatable bonds is 0. The summed E-state index contributed by atoms with van der Waals surface area (Å²) in [5.41, 5.74) is -1.09.